The summed E-state index contributed by atoms with van der Waals surface area (Å²) in [7, 11) is -2.47. The average molecular weight is 469 g/mol. The van der Waals surface area contributed by atoms with E-state index in [0.717, 1.165) is 21.2 Å². The van der Waals surface area contributed by atoms with E-state index in [1.165, 1.54) is 19.2 Å². The molecule has 3 aromatic carbocycles. The zero-order chi connectivity index (χ0) is 23.8. The minimum atomic E-state index is -3.98. The molecule has 0 heterocycles. The standard InChI is InChI=1S/C25H28N2O5S/c1-4-32-23-11-7-20(8-12-23)17-26-25(28)18-27(21-9-5-19(2)6-10-21)33(29,30)24-15-13-22(31-3)14-16-24/h5-16H,4,17-18H2,1-3H3,(H,26,28). The maximum absolute atomic E-state index is 13.4. The molecular formula is C25H28N2O5S. The van der Waals surface area contributed by atoms with Crippen LogP contribution < -0.4 is 19.1 Å². The molecule has 1 amide bonds. The fourth-order valence-electron chi connectivity index (χ4n) is 3.16. The Morgan fingerprint density at radius 1 is 0.909 bits per heavy atom. The van der Waals surface area contributed by atoms with E-state index in [2.05, 4.69) is 5.32 Å². The fourth-order valence-corrected chi connectivity index (χ4v) is 4.58. The van der Waals surface area contributed by atoms with Gasteiger partial charge in [-0.3, -0.25) is 9.10 Å². The summed E-state index contributed by atoms with van der Waals surface area (Å²) in [6.45, 7) is 4.32. The van der Waals surface area contributed by atoms with Crippen LogP contribution in [0, 0.1) is 6.92 Å². The molecule has 0 aliphatic heterocycles. The molecule has 0 spiro atoms. The van der Waals surface area contributed by atoms with E-state index < -0.39 is 15.9 Å². The van der Waals surface area contributed by atoms with Crippen molar-refractivity contribution in [3.8, 4) is 11.5 Å². The number of sulfonamides is 1. The van der Waals surface area contributed by atoms with Crippen LogP contribution >= 0.6 is 0 Å². The van der Waals surface area contributed by atoms with Gasteiger partial charge in [0.15, 0.2) is 0 Å². The van der Waals surface area contributed by atoms with Crippen molar-refractivity contribution in [3.05, 3.63) is 83.9 Å². The van der Waals surface area contributed by atoms with E-state index in [1.54, 1.807) is 24.3 Å². The van der Waals surface area contributed by atoms with Crippen LogP contribution in [-0.2, 0) is 21.4 Å². The largest absolute Gasteiger partial charge is 0.497 e. The van der Waals surface area contributed by atoms with E-state index in [1.807, 2.05) is 50.2 Å². The molecule has 0 radical (unpaired) electrons. The highest BCUT2D eigenvalue weighted by Gasteiger charge is 2.27. The van der Waals surface area contributed by atoms with Crippen molar-refractivity contribution in [2.75, 3.05) is 24.6 Å². The average Bonchev–Trinajstić information content (AvgIpc) is 2.83. The number of hydrogen-bond donors (Lipinski definition) is 1. The van der Waals surface area contributed by atoms with Gasteiger partial charge in [-0.1, -0.05) is 29.8 Å². The Morgan fingerprint density at radius 3 is 2.09 bits per heavy atom. The Kier molecular flexibility index (Phi) is 7.95. The van der Waals surface area contributed by atoms with Crippen LogP contribution in [-0.4, -0.2) is 34.6 Å². The van der Waals surface area contributed by atoms with Gasteiger partial charge in [0.05, 0.1) is 24.3 Å². The van der Waals surface area contributed by atoms with Gasteiger partial charge in [0.2, 0.25) is 5.91 Å². The molecule has 8 heteroatoms. The third-order valence-corrected chi connectivity index (χ3v) is 6.77. The monoisotopic (exact) mass is 468 g/mol. The smallest absolute Gasteiger partial charge is 0.264 e. The summed E-state index contributed by atoms with van der Waals surface area (Å²) in [6.07, 6.45) is 0. The zero-order valence-electron chi connectivity index (χ0n) is 18.9. The van der Waals surface area contributed by atoms with E-state index in [-0.39, 0.29) is 18.0 Å². The Hall–Kier alpha value is -3.52. The van der Waals surface area contributed by atoms with Gasteiger partial charge in [-0.15, -0.1) is 0 Å². The predicted molar refractivity (Wildman–Crippen MR) is 128 cm³/mol. The summed E-state index contributed by atoms with van der Waals surface area (Å²) in [4.78, 5) is 12.8. The van der Waals surface area contributed by atoms with Crippen molar-refractivity contribution < 1.29 is 22.7 Å². The predicted octanol–water partition coefficient (Wildman–Crippen LogP) is 3.91. The number of aryl methyl sites for hydroxylation is 1. The van der Waals surface area contributed by atoms with Crippen molar-refractivity contribution in [1.29, 1.82) is 0 Å². The van der Waals surface area contributed by atoms with Crippen molar-refractivity contribution in [3.63, 3.8) is 0 Å². The molecule has 0 aliphatic rings. The summed E-state index contributed by atoms with van der Waals surface area (Å²) in [5.74, 6) is 0.884. The maximum atomic E-state index is 13.4. The third-order valence-electron chi connectivity index (χ3n) is 4.98. The lowest BCUT2D eigenvalue weighted by molar-refractivity contribution is -0.119. The van der Waals surface area contributed by atoms with Crippen molar-refractivity contribution in [1.82, 2.24) is 5.32 Å². The molecule has 174 valence electrons. The summed E-state index contributed by atoms with van der Waals surface area (Å²) < 4.78 is 38.5. The third kappa shape index (κ3) is 6.26. The van der Waals surface area contributed by atoms with Crippen LogP contribution in [0.15, 0.2) is 77.7 Å². The second kappa shape index (κ2) is 10.9. The first kappa shape index (κ1) is 24.1. The number of methoxy groups -OCH3 is 1. The number of nitrogens with one attached hydrogen (secondary N) is 1. The van der Waals surface area contributed by atoms with Crippen molar-refractivity contribution in [2.45, 2.75) is 25.3 Å². The fraction of sp³-hybridized carbons (Fsp3) is 0.240. The van der Waals surface area contributed by atoms with Gasteiger partial charge in [-0.05, 0) is 67.9 Å². The van der Waals surface area contributed by atoms with E-state index in [0.29, 0.717) is 18.0 Å². The molecule has 3 aromatic rings. The lowest BCUT2D eigenvalue weighted by atomic mass is 10.2. The van der Waals surface area contributed by atoms with Gasteiger partial charge in [-0.25, -0.2) is 8.42 Å². The minimum Gasteiger partial charge on any atom is -0.497 e. The van der Waals surface area contributed by atoms with Crippen molar-refractivity contribution in [2.24, 2.45) is 0 Å². The molecule has 0 atom stereocenters. The molecule has 0 fully saturated rings. The summed E-state index contributed by atoms with van der Waals surface area (Å²) in [5.41, 5.74) is 2.28. The first-order chi connectivity index (χ1) is 15.8. The summed E-state index contributed by atoms with van der Waals surface area (Å²) in [5, 5.41) is 2.80. The van der Waals surface area contributed by atoms with Gasteiger partial charge < -0.3 is 14.8 Å². The molecule has 0 bridgehead atoms. The number of amides is 1. The van der Waals surface area contributed by atoms with Gasteiger partial charge >= 0.3 is 0 Å². The normalized spacial score (nSPS) is 11.0. The minimum absolute atomic E-state index is 0.0724. The Morgan fingerprint density at radius 2 is 1.52 bits per heavy atom. The number of nitrogens with zero attached hydrogens (tertiary/aromatic N) is 1. The lowest BCUT2D eigenvalue weighted by Crippen LogP contribution is -2.40. The van der Waals surface area contributed by atoms with Crippen LogP contribution in [0.3, 0.4) is 0 Å². The van der Waals surface area contributed by atoms with Gasteiger partial charge in [0.25, 0.3) is 10.0 Å². The molecule has 0 aromatic heterocycles. The van der Waals surface area contributed by atoms with Crippen molar-refractivity contribution >= 4 is 21.6 Å². The quantitative estimate of drug-likeness (QED) is 0.488. The SMILES string of the molecule is CCOc1ccc(CNC(=O)CN(c2ccc(C)cc2)S(=O)(=O)c2ccc(OC)cc2)cc1. The number of hydrogen-bond acceptors (Lipinski definition) is 5. The molecule has 1 N–H and O–H groups in total. The topological polar surface area (TPSA) is 84.9 Å². The number of ether oxygens (including phenoxy) is 2. The Balaban J connectivity index is 1.79. The van der Waals surface area contributed by atoms with Crippen LogP contribution in [0.5, 0.6) is 11.5 Å². The van der Waals surface area contributed by atoms with Crippen LogP contribution in [0.1, 0.15) is 18.1 Å². The number of rotatable bonds is 10. The lowest BCUT2D eigenvalue weighted by Gasteiger charge is -2.24. The highest BCUT2D eigenvalue weighted by Crippen LogP contribution is 2.25. The molecule has 33 heavy (non-hydrogen) atoms. The number of carbonyl (C=O) groups excluding carboxylic acids is 1. The Labute approximate surface area is 195 Å². The Bertz CT molecular complexity index is 1160. The van der Waals surface area contributed by atoms with E-state index in [9.17, 15) is 13.2 Å². The van der Waals surface area contributed by atoms with Gasteiger partial charge in [-0.2, -0.15) is 0 Å². The van der Waals surface area contributed by atoms with Crippen LogP contribution in [0.2, 0.25) is 0 Å². The first-order valence-corrected chi connectivity index (χ1v) is 12.0. The molecule has 0 aliphatic carbocycles. The van der Waals surface area contributed by atoms with Gasteiger partial charge in [0.1, 0.15) is 18.0 Å². The molecule has 3 rings (SSSR count). The molecule has 0 saturated heterocycles. The maximum Gasteiger partial charge on any atom is 0.264 e. The molecule has 7 nitrogen and oxygen atoms in total. The molecule has 0 saturated carbocycles. The summed E-state index contributed by atoms with van der Waals surface area (Å²) >= 11 is 0. The summed E-state index contributed by atoms with van der Waals surface area (Å²) in [6, 6.07) is 20.5. The van der Waals surface area contributed by atoms with E-state index in [4.69, 9.17) is 9.47 Å². The number of anilines is 1. The highest BCUT2D eigenvalue weighted by molar-refractivity contribution is 7.92. The second-order valence-electron chi connectivity index (χ2n) is 7.38. The van der Waals surface area contributed by atoms with E-state index >= 15 is 0 Å². The van der Waals surface area contributed by atoms with Crippen LogP contribution in [0.25, 0.3) is 0 Å². The van der Waals surface area contributed by atoms with Crippen LogP contribution in [0.4, 0.5) is 5.69 Å². The number of benzene rings is 3. The molecular weight excluding hydrogens is 440 g/mol. The first-order valence-electron chi connectivity index (χ1n) is 10.6. The number of carbonyl (C=O) groups is 1. The highest BCUT2D eigenvalue weighted by atomic mass is 32.2. The second-order valence-corrected chi connectivity index (χ2v) is 9.24. The zero-order valence-corrected chi connectivity index (χ0v) is 19.8. The molecule has 0 unspecified atom stereocenters. The van der Waals surface area contributed by atoms with Gasteiger partial charge in [0, 0.05) is 6.54 Å².